The average Bonchev–Trinajstić information content (AvgIpc) is 3.63. The Morgan fingerprint density at radius 3 is 2.50 bits per heavy atom. The minimum absolute atomic E-state index is 0.00212. The van der Waals surface area contributed by atoms with E-state index < -0.39 is 19.7 Å². The molecular formula is C27H41FN2O4SSi. The van der Waals surface area contributed by atoms with Gasteiger partial charge >= 0.3 is 0 Å². The van der Waals surface area contributed by atoms with Gasteiger partial charge in [0.05, 0.1) is 37.2 Å². The molecule has 9 heteroatoms. The monoisotopic (exact) mass is 536 g/mol. The Hall–Kier alpha value is -1.42. The van der Waals surface area contributed by atoms with E-state index in [-0.39, 0.29) is 10.4 Å². The van der Waals surface area contributed by atoms with Gasteiger partial charge in [0.2, 0.25) is 0 Å². The minimum Gasteiger partial charge on any atom is -0.493 e. The van der Waals surface area contributed by atoms with Crippen molar-refractivity contribution >= 4 is 31.0 Å². The molecule has 200 valence electrons. The maximum atomic E-state index is 14.6. The van der Waals surface area contributed by atoms with Crippen LogP contribution >= 0.6 is 11.8 Å². The highest BCUT2D eigenvalue weighted by atomic mass is 32.2. The fourth-order valence-electron chi connectivity index (χ4n) is 4.19. The molecule has 0 saturated heterocycles. The third-order valence-corrected chi connectivity index (χ3v) is 13.7. The van der Waals surface area contributed by atoms with Crippen molar-refractivity contribution in [1.82, 2.24) is 9.97 Å². The van der Waals surface area contributed by atoms with Crippen LogP contribution in [-0.2, 0) is 14.9 Å². The third kappa shape index (κ3) is 7.33. The van der Waals surface area contributed by atoms with Gasteiger partial charge in [-0.1, -0.05) is 20.8 Å². The van der Waals surface area contributed by atoms with Gasteiger partial charge in [-0.2, -0.15) is 11.8 Å². The first kappa shape index (κ1) is 27.6. The SMILES string of the molecule is CC(C)(C)[Si](C)(C)OCCO[C@H]1CC[C@H](SCc2nc3cc(OCC4CC4)cc(F)c3c(=O)[nH]2)CC1. The minimum atomic E-state index is -1.72. The van der Waals surface area contributed by atoms with E-state index in [2.05, 4.69) is 43.8 Å². The maximum absolute atomic E-state index is 14.6. The van der Waals surface area contributed by atoms with Crippen molar-refractivity contribution in [2.45, 2.75) is 94.5 Å². The first-order valence-corrected chi connectivity index (χ1v) is 17.2. The number of hydrogen-bond donors (Lipinski definition) is 1. The fourth-order valence-corrected chi connectivity index (χ4v) is 6.35. The maximum Gasteiger partial charge on any atom is 0.261 e. The van der Waals surface area contributed by atoms with Crippen molar-refractivity contribution in [3.05, 3.63) is 34.1 Å². The van der Waals surface area contributed by atoms with Crippen molar-refractivity contribution in [3.63, 3.8) is 0 Å². The van der Waals surface area contributed by atoms with E-state index in [4.69, 9.17) is 13.9 Å². The van der Waals surface area contributed by atoms with E-state index in [9.17, 15) is 9.18 Å². The zero-order chi connectivity index (χ0) is 25.9. The number of aromatic nitrogens is 2. The molecule has 0 unspecified atom stereocenters. The number of halogens is 1. The first-order valence-electron chi connectivity index (χ1n) is 13.2. The summed E-state index contributed by atoms with van der Waals surface area (Å²) in [5.74, 6) is 1.60. The molecule has 0 amide bonds. The molecule has 0 radical (unpaired) electrons. The lowest BCUT2D eigenvalue weighted by molar-refractivity contribution is 0.0117. The highest BCUT2D eigenvalue weighted by Gasteiger charge is 2.37. The summed E-state index contributed by atoms with van der Waals surface area (Å²) in [6, 6.07) is 2.97. The molecule has 2 aliphatic carbocycles. The topological polar surface area (TPSA) is 73.4 Å². The van der Waals surface area contributed by atoms with Gasteiger partial charge in [0.25, 0.3) is 5.56 Å². The summed E-state index contributed by atoms with van der Waals surface area (Å²) in [6.45, 7) is 13.2. The Kier molecular flexibility index (Phi) is 8.85. The molecule has 2 saturated carbocycles. The lowest BCUT2D eigenvalue weighted by atomic mass is 9.97. The van der Waals surface area contributed by atoms with E-state index in [0.717, 1.165) is 38.5 Å². The number of H-pyrrole nitrogens is 1. The average molecular weight is 537 g/mol. The zero-order valence-electron chi connectivity index (χ0n) is 22.3. The zero-order valence-corrected chi connectivity index (χ0v) is 24.1. The summed E-state index contributed by atoms with van der Waals surface area (Å²) in [4.78, 5) is 19.9. The second-order valence-electron chi connectivity index (χ2n) is 11.8. The molecule has 0 aliphatic heterocycles. The fraction of sp³-hybridized carbons (Fsp3) is 0.704. The molecule has 0 bridgehead atoms. The molecular weight excluding hydrogens is 495 g/mol. The van der Waals surface area contributed by atoms with Gasteiger partial charge in [-0.15, -0.1) is 0 Å². The Bertz CT molecular complexity index is 1090. The van der Waals surface area contributed by atoms with Gasteiger partial charge in [0.15, 0.2) is 8.32 Å². The molecule has 36 heavy (non-hydrogen) atoms. The number of aromatic amines is 1. The van der Waals surface area contributed by atoms with Crippen LogP contribution in [0, 0.1) is 11.7 Å². The van der Waals surface area contributed by atoms with Crippen LogP contribution < -0.4 is 10.3 Å². The number of nitrogens with zero attached hydrogens (tertiary/aromatic N) is 1. The Morgan fingerprint density at radius 2 is 1.83 bits per heavy atom. The second-order valence-corrected chi connectivity index (χ2v) is 17.9. The lowest BCUT2D eigenvalue weighted by Gasteiger charge is -2.36. The summed E-state index contributed by atoms with van der Waals surface area (Å²) in [6.07, 6.45) is 6.83. The lowest BCUT2D eigenvalue weighted by Crippen LogP contribution is -2.41. The number of ether oxygens (including phenoxy) is 2. The molecule has 0 atom stereocenters. The van der Waals surface area contributed by atoms with Crippen molar-refractivity contribution in [1.29, 1.82) is 0 Å². The predicted octanol–water partition coefficient (Wildman–Crippen LogP) is 6.43. The summed E-state index contributed by atoms with van der Waals surface area (Å²) < 4.78 is 32.6. The molecule has 2 aliphatic rings. The smallest absolute Gasteiger partial charge is 0.261 e. The Morgan fingerprint density at radius 1 is 1.11 bits per heavy atom. The summed E-state index contributed by atoms with van der Waals surface area (Å²) in [5, 5.41) is 0.712. The number of hydrogen-bond acceptors (Lipinski definition) is 6. The van der Waals surface area contributed by atoms with Crippen LogP contribution in [0.1, 0.15) is 65.1 Å². The number of fused-ring (bicyclic) bond motifs is 1. The molecule has 4 rings (SSSR count). The van der Waals surface area contributed by atoms with Crippen molar-refractivity contribution in [2.24, 2.45) is 5.92 Å². The van der Waals surface area contributed by atoms with Crippen LogP contribution in [0.3, 0.4) is 0 Å². The van der Waals surface area contributed by atoms with Gasteiger partial charge in [-0.05, 0) is 62.6 Å². The molecule has 1 N–H and O–H groups in total. The second kappa shape index (κ2) is 11.5. The normalized spacial score (nSPS) is 21.2. The van der Waals surface area contributed by atoms with Crippen molar-refractivity contribution < 1.29 is 18.3 Å². The van der Waals surface area contributed by atoms with E-state index in [1.165, 1.54) is 6.07 Å². The van der Waals surface area contributed by atoms with Gasteiger partial charge in [0, 0.05) is 17.4 Å². The molecule has 1 aromatic heterocycles. The van der Waals surface area contributed by atoms with Crippen LogP contribution in [0.4, 0.5) is 4.39 Å². The quantitative estimate of drug-likeness (QED) is 0.263. The molecule has 2 aromatic rings. The molecule has 1 heterocycles. The molecule has 2 fully saturated rings. The van der Waals surface area contributed by atoms with E-state index in [1.54, 1.807) is 17.8 Å². The number of benzene rings is 1. The van der Waals surface area contributed by atoms with E-state index in [1.807, 2.05) is 0 Å². The predicted molar refractivity (Wildman–Crippen MR) is 147 cm³/mol. The number of rotatable bonds is 11. The first-order chi connectivity index (χ1) is 17.0. The van der Waals surface area contributed by atoms with Crippen LogP contribution in [0.2, 0.25) is 18.1 Å². The molecule has 6 nitrogen and oxygen atoms in total. The number of thioether (sulfide) groups is 1. The van der Waals surface area contributed by atoms with Gasteiger partial charge in [-0.25, -0.2) is 9.37 Å². The van der Waals surface area contributed by atoms with Gasteiger partial charge in [0.1, 0.15) is 22.8 Å². The largest absolute Gasteiger partial charge is 0.493 e. The van der Waals surface area contributed by atoms with E-state index >= 15 is 0 Å². The summed E-state index contributed by atoms with van der Waals surface area (Å²) in [5.41, 5.74) is -0.0731. The van der Waals surface area contributed by atoms with Crippen LogP contribution in [0.5, 0.6) is 5.75 Å². The van der Waals surface area contributed by atoms with Crippen LogP contribution in [-0.4, -0.2) is 49.5 Å². The van der Waals surface area contributed by atoms with Crippen molar-refractivity contribution in [2.75, 3.05) is 19.8 Å². The summed E-state index contributed by atoms with van der Waals surface area (Å²) in [7, 11) is -1.72. The highest BCUT2D eigenvalue weighted by molar-refractivity contribution is 7.99. The third-order valence-electron chi connectivity index (χ3n) is 7.75. The van der Waals surface area contributed by atoms with Crippen LogP contribution in [0.25, 0.3) is 10.9 Å². The number of nitrogens with one attached hydrogen (secondary N) is 1. The Labute approximate surface area is 219 Å². The Balaban J connectivity index is 1.23. The van der Waals surface area contributed by atoms with E-state index in [0.29, 0.717) is 59.9 Å². The highest BCUT2D eigenvalue weighted by Crippen LogP contribution is 2.37. The molecule has 0 spiro atoms. The van der Waals surface area contributed by atoms with Crippen LogP contribution in [0.15, 0.2) is 16.9 Å². The summed E-state index contributed by atoms with van der Waals surface area (Å²) >= 11 is 1.80. The van der Waals surface area contributed by atoms with Gasteiger partial charge in [-0.3, -0.25) is 4.79 Å². The van der Waals surface area contributed by atoms with Crippen molar-refractivity contribution in [3.8, 4) is 5.75 Å². The van der Waals surface area contributed by atoms with Gasteiger partial charge < -0.3 is 18.9 Å². The standard InChI is InChI=1S/C27H41FN2O4SSi/c1-27(2,3)36(4,5)34-13-12-32-19-8-10-21(11-9-19)35-17-24-29-23-15-20(33-16-18-6-7-18)14-22(28)25(23)26(31)30-24/h14-15,18-19,21H,6-13,16-17H2,1-5H3,(H,29,30,31)/t19-,21-. The molecule has 1 aromatic carbocycles.